The number of rotatable bonds is 3. The van der Waals surface area contributed by atoms with Crippen molar-refractivity contribution < 1.29 is 4.74 Å². The van der Waals surface area contributed by atoms with Crippen LogP contribution in [0.4, 0.5) is 0 Å². The number of methoxy groups -OCH3 is 1. The summed E-state index contributed by atoms with van der Waals surface area (Å²) in [5.41, 5.74) is 12.3. The Kier molecular flexibility index (Phi) is 2.86. The van der Waals surface area contributed by atoms with Gasteiger partial charge in [0.1, 0.15) is 10.8 Å². The maximum atomic E-state index is 5.82. The summed E-state index contributed by atoms with van der Waals surface area (Å²) in [7, 11) is 1.65. The van der Waals surface area contributed by atoms with Crippen LogP contribution in [0.25, 0.3) is 10.2 Å². The predicted octanol–water partition coefficient (Wildman–Crippen LogP) is 1.26. The minimum atomic E-state index is -0.173. The highest BCUT2D eigenvalue weighted by Gasteiger charge is 2.10. The van der Waals surface area contributed by atoms with E-state index in [1.807, 2.05) is 18.2 Å². The molecule has 15 heavy (non-hydrogen) atoms. The Bertz CT molecular complexity index is 469. The third-order valence-corrected chi connectivity index (χ3v) is 3.33. The third-order valence-electron chi connectivity index (χ3n) is 2.18. The van der Waals surface area contributed by atoms with E-state index < -0.39 is 0 Å². The molecule has 0 fully saturated rings. The van der Waals surface area contributed by atoms with Crippen molar-refractivity contribution in [3.05, 3.63) is 23.2 Å². The van der Waals surface area contributed by atoms with Crippen LogP contribution in [0.3, 0.4) is 0 Å². The van der Waals surface area contributed by atoms with Gasteiger partial charge in [-0.15, -0.1) is 11.3 Å². The predicted molar refractivity (Wildman–Crippen MR) is 62.2 cm³/mol. The molecule has 4 nitrogen and oxygen atoms in total. The van der Waals surface area contributed by atoms with Crippen molar-refractivity contribution in [2.24, 2.45) is 11.5 Å². The van der Waals surface area contributed by atoms with Gasteiger partial charge < -0.3 is 16.2 Å². The Morgan fingerprint density at radius 2 is 2.33 bits per heavy atom. The molecule has 0 amide bonds. The quantitative estimate of drug-likeness (QED) is 0.821. The van der Waals surface area contributed by atoms with Gasteiger partial charge in [0.25, 0.3) is 0 Å². The lowest BCUT2D eigenvalue weighted by Crippen LogP contribution is -2.20. The number of nitrogens with zero attached hydrogens (tertiary/aromatic N) is 1. The Hall–Kier alpha value is -1.17. The molecule has 2 aromatic rings. The highest BCUT2D eigenvalue weighted by atomic mass is 32.1. The van der Waals surface area contributed by atoms with Crippen molar-refractivity contribution in [1.29, 1.82) is 0 Å². The Morgan fingerprint density at radius 1 is 1.53 bits per heavy atom. The molecule has 0 bridgehead atoms. The molecule has 0 saturated carbocycles. The van der Waals surface area contributed by atoms with E-state index >= 15 is 0 Å². The van der Waals surface area contributed by atoms with E-state index in [9.17, 15) is 0 Å². The van der Waals surface area contributed by atoms with Gasteiger partial charge in [0.2, 0.25) is 0 Å². The van der Waals surface area contributed by atoms with E-state index in [2.05, 4.69) is 4.98 Å². The van der Waals surface area contributed by atoms with Crippen LogP contribution in [-0.2, 0) is 0 Å². The summed E-state index contributed by atoms with van der Waals surface area (Å²) in [6.07, 6.45) is 0. The normalized spacial score (nSPS) is 13.0. The molecule has 0 saturated heterocycles. The Labute approximate surface area is 91.9 Å². The topological polar surface area (TPSA) is 74.2 Å². The zero-order valence-corrected chi connectivity index (χ0v) is 9.25. The summed E-state index contributed by atoms with van der Waals surface area (Å²) in [4.78, 5) is 4.42. The Morgan fingerprint density at radius 3 is 3.00 bits per heavy atom. The summed E-state index contributed by atoms with van der Waals surface area (Å²) < 4.78 is 6.22. The van der Waals surface area contributed by atoms with Gasteiger partial charge in [-0.1, -0.05) is 0 Å². The van der Waals surface area contributed by atoms with Crippen LogP contribution in [0.1, 0.15) is 11.0 Å². The summed E-state index contributed by atoms with van der Waals surface area (Å²) in [6.45, 7) is 0.414. The second kappa shape index (κ2) is 4.14. The van der Waals surface area contributed by atoms with Crippen molar-refractivity contribution in [2.75, 3.05) is 13.7 Å². The van der Waals surface area contributed by atoms with Gasteiger partial charge in [-0.3, -0.25) is 0 Å². The van der Waals surface area contributed by atoms with Gasteiger partial charge >= 0.3 is 0 Å². The second-order valence-electron chi connectivity index (χ2n) is 3.23. The van der Waals surface area contributed by atoms with Gasteiger partial charge in [-0.2, -0.15) is 0 Å². The number of ether oxygens (including phenoxy) is 1. The van der Waals surface area contributed by atoms with E-state index in [4.69, 9.17) is 16.2 Å². The zero-order chi connectivity index (χ0) is 10.8. The lowest BCUT2D eigenvalue weighted by Gasteiger charge is -2.01. The van der Waals surface area contributed by atoms with Crippen LogP contribution in [-0.4, -0.2) is 18.6 Å². The van der Waals surface area contributed by atoms with Gasteiger partial charge in [0.15, 0.2) is 0 Å². The second-order valence-corrected chi connectivity index (χ2v) is 4.29. The van der Waals surface area contributed by atoms with Crippen LogP contribution in [0, 0.1) is 0 Å². The van der Waals surface area contributed by atoms with Gasteiger partial charge in [-0.25, -0.2) is 4.98 Å². The first-order chi connectivity index (χ1) is 7.24. The maximum Gasteiger partial charge on any atom is 0.120 e. The van der Waals surface area contributed by atoms with Crippen molar-refractivity contribution in [3.63, 3.8) is 0 Å². The standard InChI is InChI=1S/C10H13N3OS/c1-14-6-2-3-8-9(4-6)15-10(13-8)7(12)5-11/h2-4,7H,5,11-12H2,1H3. The van der Waals surface area contributed by atoms with Crippen molar-refractivity contribution in [1.82, 2.24) is 4.98 Å². The molecule has 1 heterocycles. The first kappa shape index (κ1) is 10.4. The lowest BCUT2D eigenvalue weighted by atomic mass is 10.3. The smallest absolute Gasteiger partial charge is 0.120 e. The number of hydrogen-bond donors (Lipinski definition) is 2. The fourth-order valence-corrected chi connectivity index (χ4v) is 2.32. The van der Waals surface area contributed by atoms with Crippen LogP contribution < -0.4 is 16.2 Å². The van der Waals surface area contributed by atoms with Gasteiger partial charge in [0, 0.05) is 6.54 Å². The van der Waals surface area contributed by atoms with E-state index in [0.29, 0.717) is 6.54 Å². The molecule has 1 atom stereocenters. The van der Waals surface area contributed by atoms with Crippen molar-refractivity contribution in [2.45, 2.75) is 6.04 Å². The number of thiazole rings is 1. The number of hydrogen-bond acceptors (Lipinski definition) is 5. The van der Waals surface area contributed by atoms with Gasteiger partial charge in [0.05, 0.1) is 23.4 Å². The van der Waals surface area contributed by atoms with Crippen LogP contribution in [0.5, 0.6) is 5.75 Å². The molecule has 0 spiro atoms. The molecule has 0 radical (unpaired) electrons. The molecule has 5 heteroatoms. The number of fused-ring (bicyclic) bond motifs is 1. The summed E-state index contributed by atoms with van der Waals surface area (Å²) in [5.74, 6) is 0.832. The molecule has 1 aromatic heterocycles. The highest BCUT2D eigenvalue weighted by Crippen LogP contribution is 2.28. The van der Waals surface area contributed by atoms with E-state index in [-0.39, 0.29) is 6.04 Å². The number of nitrogens with two attached hydrogens (primary N) is 2. The van der Waals surface area contributed by atoms with Crippen LogP contribution in [0.15, 0.2) is 18.2 Å². The average molecular weight is 223 g/mol. The molecule has 4 N–H and O–H groups in total. The first-order valence-corrected chi connectivity index (χ1v) is 5.46. The molecule has 0 aliphatic carbocycles. The lowest BCUT2D eigenvalue weighted by molar-refractivity contribution is 0.415. The molecule has 0 aliphatic rings. The molecule has 1 unspecified atom stereocenters. The minimum Gasteiger partial charge on any atom is -0.497 e. The first-order valence-electron chi connectivity index (χ1n) is 4.64. The zero-order valence-electron chi connectivity index (χ0n) is 8.43. The van der Waals surface area contributed by atoms with Crippen molar-refractivity contribution in [3.8, 4) is 5.75 Å². The van der Waals surface area contributed by atoms with Gasteiger partial charge in [-0.05, 0) is 18.2 Å². The summed E-state index contributed by atoms with van der Waals surface area (Å²) in [5, 5.41) is 0.876. The van der Waals surface area contributed by atoms with E-state index in [0.717, 1.165) is 21.0 Å². The summed E-state index contributed by atoms with van der Waals surface area (Å²) >= 11 is 1.56. The maximum absolute atomic E-state index is 5.82. The molecular formula is C10H13N3OS. The van der Waals surface area contributed by atoms with E-state index in [1.165, 1.54) is 0 Å². The van der Waals surface area contributed by atoms with Crippen LogP contribution in [0.2, 0.25) is 0 Å². The SMILES string of the molecule is COc1ccc2nc(C(N)CN)sc2c1. The van der Waals surface area contributed by atoms with Crippen molar-refractivity contribution >= 4 is 21.6 Å². The summed E-state index contributed by atoms with van der Waals surface area (Å²) in [6, 6.07) is 5.60. The number of benzene rings is 1. The third kappa shape index (κ3) is 1.94. The van der Waals surface area contributed by atoms with E-state index in [1.54, 1.807) is 18.4 Å². The monoisotopic (exact) mass is 223 g/mol. The molecular weight excluding hydrogens is 210 g/mol. The highest BCUT2D eigenvalue weighted by molar-refractivity contribution is 7.18. The average Bonchev–Trinajstić information content (AvgIpc) is 2.70. The molecule has 80 valence electrons. The number of aromatic nitrogens is 1. The largest absolute Gasteiger partial charge is 0.497 e. The minimum absolute atomic E-state index is 0.173. The molecule has 2 rings (SSSR count). The fraction of sp³-hybridized carbons (Fsp3) is 0.300. The Balaban J connectivity index is 2.46. The van der Waals surface area contributed by atoms with Crippen LogP contribution >= 0.6 is 11.3 Å². The fourth-order valence-electron chi connectivity index (χ4n) is 1.31. The molecule has 0 aliphatic heterocycles. The molecule has 1 aromatic carbocycles.